The van der Waals surface area contributed by atoms with Crippen molar-refractivity contribution in [2.45, 2.75) is 32.1 Å². The van der Waals surface area contributed by atoms with E-state index in [0.717, 1.165) is 12.8 Å². The van der Waals surface area contributed by atoms with Crippen molar-refractivity contribution in [3.05, 3.63) is 0 Å². The van der Waals surface area contributed by atoms with Gasteiger partial charge in [-0.2, -0.15) is 0 Å². The number of carbonyl (C=O) groups excluding carboxylic acids is 1. The highest BCUT2D eigenvalue weighted by molar-refractivity contribution is 7.48. The predicted molar refractivity (Wildman–Crippen MR) is 57.4 cm³/mol. The fourth-order valence-corrected chi connectivity index (χ4v) is 2.80. The number of hydrogen-bond donors (Lipinski definition) is 0. The molecular formula is C10H19O3P. The van der Waals surface area contributed by atoms with Crippen molar-refractivity contribution in [1.82, 2.24) is 0 Å². The standard InChI is InChI=1S/C10H19O3P/c1-12-14(13-2)8-10(11)9-6-4-3-5-7-9/h9H,3-8H2,1-2H3. The van der Waals surface area contributed by atoms with Crippen molar-refractivity contribution < 1.29 is 13.8 Å². The van der Waals surface area contributed by atoms with Crippen molar-refractivity contribution in [3.63, 3.8) is 0 Å². The van der Waals surface area contributed by atoms with Crippen LogP contribution in [0.3, 0.4) is 0 Å². The Bertz CT molecular complexity index is 174. The lowest BCUT2D eigenvalue weighted by molar-refractivity contribution is -0.121. The van der Waals surface area contributed by atoms with Gasteiger partial charge in [0.15, 0.2) is 8.38 Å². The molecular weight excluding hydrogens is 199 g/mol. The fourth-order valence-electron chi connectivity index (χ4n) is 1.88. The third-order valence-corrected chi connectivity index (χ3v) is 4.14. The zero-order valence-electron chi connectivity index (χ0n) is 8.99. The molecule has 82 valence electrons. The second-order valence-corrected chi connectivity index (χ2v) is 5.37. The maximum atomic E-state index is 11.8. The molecule has 0 aromatic heterocycles. The molecule has 0 saturated heterocycles. The maximum Gasteiger partial charge on any atom is 0.177 e. The monoisotopic (exact) mass is 218 g/mol. The molecule has 1 aliphatic carbocycles. The normalized spacial score (nSPS) is 18.8. The first kappa shape index (κ1) is 12.1. The molecule has 0 aromatic carbocycles. The Hall–Kier alpha value is 0.0200. The minimum absolute atomic E-state index is 0.277. The summed E-state index contributed by atoms with van der Waals surface area (Å²) in [7, 11) is 2.23. The molecule has 0 unspecified atom stereocenters. The molecule has 1 rings (SSSR count). The second-order valence-electron chi connectivity index (χ2n) is 3.66. The third kappa shape index (κ3) is 3.64. The highest BCUT2D eigenvalue weighted by atomic mass is 31.2. The summed E-state index contributed by atoms with van der Waals surface area (Å²) in [5.41, 5.74) is 0. The molecule has 1 fully saturated rings. The summed E-state index contributed by atoms with van der Waals surface area (Å²) < 4.78 is 10.2. The third-order valence-electron chi connectivity index (χ3n) is 2.75. The zero-order valence-corrected chi connectivity index (χ0v) is 9.89. The summed E-state index contributed by atoms with van der Waals surface area (Å²) in [5.74, 6) is 0.610. The van der Waals surface area contributed by atoms with Crippen LogP contribution in [0.4, 0.5) is 0 Å². The van der Waals surface area contributed by atoms with Crippen molar-refractivity contribution in [2.75, 3.05) is 20.4 Å². The highest BCUT2D eigenvalue weighted by Gasteiger charge is 2.24. The molecule has 0 spiro atoms. The molecule has 1 aliphatic rings. The first-order valence-corrected chi connectivity index (χ1v) is 6.52. The lowest BCUT2D eigenvalue weighted by Gasteiger charge is -2.21. The molecule has 0 N–H and O–H groups in total. The van der Waals surface area contributed by atoms with Crippen LogP contribution in [-0.2, 0) is 13.8 Å². The van der Waals surface area contributed by atoms with Crippen LogP contribution in [0.15, 0.2) is 0 Å². The molecule has 0 bridgehead atoms. The van der Waals surface area contributed by atoms with Crippen LogP contribution in [0.5, 0.6) is 0 Å². The summed E-state index contributed by atoms with van der Waals surface area (Å²) in [4.78, 5) is 11.8. The summed E-state index contributed by atoms with van der Waals surface area (Å²) in [6.45, 7) is 0. The van der Waals surface area contributed by atoms with Crippen LogP contribution < -0.4 is 0 Å². The van der Waals surface area contributed by atoms with Crippen molar-refractivity contribution in [3.8, 4) is 0 Å². The Labute approximate surface area is 87.1 Å². The Morgan fingerprint density at radius 1 is 1.21 bits per heavy atom. The Morgan fingerprint density at radius 3 is 2.29 bits per heavy atom. The molecule has 0 amide bonds. The Morgan fingerprint density at radius 2 is 1.79 bits per heavy atom. The highest BCUT2D eigenvalue weighted by Crippen LogP contribution is 2.38. The average Bonchev–Trinajstić information content (AvgIpc) is 2.26. The van der Waals surface area contributed by atoms with Crippen LogP contribution in [0.25, 0.3) is 0 Å². The fraction of sp³-hybridized carbons (Fsp3) is 0.900. The number of rotatable bonds is 5. The molecule has 14 heavy (non-hydrogen) atoms. The van der Waals surface area contributed by atoms with Crippen LogP contribution >= 0.6 is 8.38 Å². The van der Waals surface area contributed by atoms with E-state index in [4.69, 9.17) is 9.05 Å². The summed E-state index contributed by atoms with van der Waals surface area (Å²) >= 11 is 0. The van der Waals surface area contributed by atoms with Gasteiger partial charge in [0.2, 0.25) is 0 Å². The molecule has 4 heteroatoms. The first-order valence-electron chi connectivity index (χ1n) is 5.16. The number of carbonyl (C=O) groups is 1. The molecule has 0 atom stereocenters. The first-order chi connectivity index (χ1) is 6.77. The van der Waals surface area contributed by atoms with E-state index >= 15 is 0 Å². The van der Waals surface area contributed by atoms with Gasteiger partial charge in [-0.3, -0.25) is 4.79 Å². The summed E-state index contributed by atoms with van der Waals surface area (Å²) in [5, 5.41) is 0. The van der Waals surface area contributed by atoms with Gasteiger partial charge in [-0.1, -0.05) is 19.3 Å². The summed E-state index contributed by atoms with van der Waals surface area (Å²) in [6.07, 6.45) is 6.29. The SMILES string of the molecule is COP(CC(=O)C1CCCCC1)OC. The second kappa shape index (κ2) is 6.49. The minimum Gasteiger partial charge on any atom is -0.337 e. The van der Waals surface area contributed by atoms with Gasteiger partial charge in [-0.05, 0) is 12.8 Å². The van der Waals surface area contributed by atoms with E-state index in [9.17, 15) is 4.79 Å². The quantitative estimate of drug-likeness (QED) is 0.665. The van der Waals surface area contributed by atoms with E-state index < -0.39 is 8.38 Å². The van der Waals surface area contributed by atoms with Gasteiger partial charge in [0.25, 0.3) is 0 Å². The van der Waals surface area contributed by atoms with Gasteiger partial charge in [0, 0.05) is 20.1 Å². The van der Waals surface area contributed by atoms with E-state index in [2.05, 4.69) is 0 Å². The predicted octanol–water partition coefficient (Wildman–Crippen LogP) is 2.74. The number of hydrogen-bond acceptors (Lipinski definition) is 3. The topological polar surface area (TPSA) is 35.5 Å². The van der Waals surface area contributed by atoms with Crippen molar-refractivity contribution in [2.24, 2.45) is 5.92 Å². The van der Waals surface area contributed by atoms with E-state index in [0.29, 0.717) is 11.9 Å². The Balaban J connectivity index is 2.32. The van der Waals surface area contributed by atoms with Crippen LogP contribution in [0.1, 0.15) is 32.1 Å². The van der Waals surface area contributed by atoms with Gasteiger partial charge in [-0.25, -0.2) is 0 Å². The Kier molecular flexibility index (Phi) is 5.61. The van der Waals surface area contributed by atoms with Gasteiger partial charge >= 0.3 is 0 Å². The van der Waals surface area contributed by atoms with Crippen LogP contribution in [0.2, 0.25) is 0 Å². The average molecular weight is 218 g/mol. The maximum absolute atomic E-state index is 11.8. The van der Waals surface area contributed by atoms with E-state index in [1.165, 1.54) is 19.3 Å². The minimum atomic E-state index is -0.970. The van der Waals surface area contributed by atoms with E-state index in [1.807, 2.05) is 0 Å². The summed E-state index contributed by atoms with van der Waals surface area (Å²) in [6, 6.07) is 0. The van der Waals surface area contributed by atoms with Crippen molar-refractivity contribution >= 4 is 14.2 Å². The molecule has 1 saturated carbocycles. The molecule has 3 nitrogen and oxygen atoms in total. The number of Topliss-reactive ketones (excluding diaryl/α,β-unsaturated/α-hetero) is 1. The number of ketones is 1. The van der Waals surface area contributed by atoms with Gasteiger partial charge in [0.1, 0.15) is 5.78 Å². The molecule has 0 aromatic rings. The van der Waals surface area contributed by atoms with Crippen molar-refractivity contribution in [1.29, 1.82) is 0 Å². The lowest BCUT2D eigenvalue weighted by atomic mass is 9.87. The van der Waals surface area contributed by atoms with Gasteiger partial charge in [0.05, 0.1) is 6.16 Å². The van der Waals surface area contributed by atoms with Gasteiger partial charge < -0.3 is 9.05 Å². The molecule has 0 heterocycles. The zero-order chi connectivity index (χ0) is 10.4. The largest absolute Gasteiger partial charge is 0.337 e. The van der Waals surface area contributed by atoms with Gasteiger partial charge in [-0.15, -0.1) is 0 Å². The van der Waals surface area contributed by atoms with Crippen LogP contribution in [-0.4, -0.2) is 26.2 Å². The lowest BCUT2D eigenvalue weighted by Crippen LogP contribution is -2.20. The molecule has 0 radical (unpaired) electrons. The van der Waals surface area contributed by atoms with E-state index in [-0.39, 0.29) is 5.92 Å². The van der Waals surface area contributed by atoms with Crippen LogP contribution in [0, 0.1) is 5.92 Å². The molecule has 0 aliphatic heterocycles. The smallest absolute Gasteiger partial charge is 0.177 e. The van der Waals surface area contributed by atoms with E-state index in [1.54, 1.807) is 14.2 Å².